The van der Waals surface area contributed by atoms with Crippen molar-refractivity contribution in [2.75, 3.05) is 13.2 Å². The summed E-state index contributed by atoms with van der Waals surface area (Å²) in [6.07, 6.45) is 1.91. The molecule has 0 aromatic heterocycles. The zero-order chi connectivity index (χ0) is 14.5. The highest BCUT2D eigenvalue weighted by molar-refractivity contribution is 9.10. The number of alkyl halides is 1. The molecule has 1 aliphatic carbocycles. The Kier molecular flexibility index (Phi) is 5.54. The van der Waals surface area contributed by atoms with E-state index in [1.165, 1.54) is 18.9 Å². The van der Waals surface area contributed by atoms with Crippen LogP contribution in [-0.4, -0.2) is 23.9 Å². The highest BCUT2D eigenvalue weighted by Crippen LogP contribution is 2.31. The molecule has 0 aliphatic heterocycles. The number of halogens is 2. The molecule has 1 amide bonds. The summed E-state index contributed by atoms with van der Waals surface area (Å²) in [4.78, 5) is 11.3. The summed E-state index contributed by atoms with van der Waals surface area (Å²) in [6, 6.07) is 6.55. The molecule has 0 spiro atoms. The van der Waals surface area contributed by atoms with Crippen molar-refractivity contribution < 1.29 is 13.9 Å². The second-order valence-corrected chi connectivity index (χ2v) is 6.52. The van der Waals surface area contributed by atoms with E-state index < -0.39 is 6.10 Å². The molecule has 5 heteroatoms. The lowest BCUT2D eigenvalue weighted by Gasteiger charge is -2.20. The lowest BCUT2D eigenvalue weighted by atomic mass is 10.1. The van der Waals surface area contributed by atoms with Gasteiger partial charge in [-0.05, 0) is 31.7 Å². The van der Waals surface area contributed by atoms with Gasteiger partial charge in [0.25, 0.3) is 0 Å². The molecule has 1 aliphatic rings. The number of hydrogen-bond acceptors (Lipinski definition) is 2. The molecule has 0 heterocycles. The summed E-state index contributed by atoms with van der Waals surface area (Å²) < 4.78 is 19.7. The summed E-state index contributed by atoms with van der Waals surface area (Å²) in [5.41, 5.74) is 0.496. The average Bonchev–Trinajstić information content (AvgIpc) is 3.23. The lowest BCUT2D eigenvalue weighted by Crippen LogP contribution is -2.34. The second kappa shape index (κ2) is 7.18. The first-order valence-corrected chi connectivity index (χ1v) is 7.77. The smallest absolute Gasteiger partial charge is 0.233 e. The van der Waals surface area contributed by atoms with Crippen LogP contribution >= 0.6 is 15.9 Å². The van der Waals surface area contributed by atoms with Crippen molar-refractivity contribution in [1.29, 1.82) is 0 Å². The second-order valence-electron chi connectivity index (χ2n) is 5.15. The molecule has 1 saturated carbocycles. The maximum absolute atomic E-state index is 13.9. The largest absolute Gasteiger partial charge is 0.371 e. The van der Waals surface area contributed by atoms with Crippen LogP contribution in [0.4, 0.5) is 4.39 Å². The number of benzene rings is 1. The van der Waals surface area contributed by atoms with Crippen LogP contribution in [0.2, 0.25) is 0 Å². The van der Waals surface area contributed by atoms with Crippen molar-refractivity contribution in [3.8, 4) is 0 Å². The molecule has 2 atom stereocenters. The lowest BCUT2D eigenvalue weighted by molar-refractivity contribution is -0.120. The summed E-state index contributed by atoms with van der Waals surface area (Å²) >= 11 is 3.21. The Morgan fingerprint density at radius 1 is 1.50 bits per heavy atom. The fourth-order valence-corrected chi connectivity index (χ4v) is 2.03. The van der Waals surface area contributed by atoms with Crippen molar-refractivity contribution in [2.24, 2.45) is 5.92 Å². The molecule has 0 radical (unpaired) electrons. The molecule has 1 N–H and O–H groups in total. The number of hydrogen-bond donors (Lipinski definition) is 1. The number of ether oxygens (including phenoxy) is 1. The summed E-state index contributed by atoms with van der Waals surface area (Å²) in [7, 11) is 0. The maximum atomic E-state index is 13.9. The van der Waals surface area contributed by atoms with E-state index >= 15 is 0 Å². The predicted molar refractivity (Wildman–Crippen MR) is 79.2 cm³/mol. The molecule has 2 rings (SSSR count). The van der Waals surface area contributed by atoms with E-state index in [9.17, 15) is 9.18 Å². The number of nitrogens with one attached hydrogen (secondary N) is 1. The standard InChI is InChI=1S/C15H19BrFNO2/c1-10(16)15(19)18-8-14(20-9-11-6-7-11)12-4-2-3-5-13(12)17/h2-5,10-11,14H,6-9H2,1H3,(H,18,19)/t10-,14-/m1/s1. The van der Waals surface area contributed by atoms with Crippen molar-refractivity contribution in [3.63, 3.8) is 0 Å². The zero-order valence-electron chi connectivity index (χ0n) is 11.4. The topological polar surface area (TPSA) is 38.3 Å². The van der Waals surface area contributed by atoms with Crippen LogP contribution in [0.5, 0.6) is 0 Å². The molecule has 110 valence electrons. The van der Waals surface area contributed by atoms with Gasteiger partial charge in [0.2, 0.25) is 5.91 Å². The van der Waals surface area contributed by atoms with Crippen LogP contribution in [0.15, 0.2) is 24.3 Å². The monoisotopic (exact) mass is 343 g/mol. The molecule has 0 unspecified atom stereocenters. The maximum Gasteiger partial charge on any atom is 0.233 e. The van der Waals surface area contributed by atoms with Gasteiger partial charge in [-0.15, -0.1) is 0 Å². The van der Waals surface area contributed by atoms with E-state index in [0.29, 0.717) is 18.1 Å². The van der Waals surface area contributed by atoms with Crippen LogP contribution in [0, 0.1) is 11.7 Å². The average molecular weight is 344 g/mol. The van der Waals surface area contributed by atoms with Gasteiger partial charge in [-0.25, -0.2) is 4.39 Å². The van der Waals surface area contributed by atoms with Gasteiger partial charge in [0, 0.05) is 12.1 Å². The Labute approximate surface area is 127 Å². The third kappa shape index (κ3) is 4.56. The van der Waals surface area contributed by atoms with Crippen molar-refractivity contribution >= 4 is 21.8 Å². The fraction of sp³-hybridized carbons (Fsp3) is 0.533. The van der Waals surface area contributed by atoms with Gasteiger partial charge in [-0.3, -0.25) is 4.79 Å². The van der Waals surface area contributed by atoms with Gasteiger partial charge in [-0.2, -0.15) is 0 Å². The predicted octanol–water partition coefficient (Wildman–Crippen LogP) is 3.19. The van der Waals surface area contributed by atoms with Crippen LogP contribution in [-0.2, 0) is 9.53 Å². The molecular weight excluding hydrogens is 325 g/mol. The Morgan fingerprint density at radius 2 is 2.20 bits per heavy atom. The number of carbonyl (C=O) groups is 1. The molecule has 20 heavy (non-hydrogen) atoms. The normalized spacial score (nSPS) is 17.6. The number of amides is 1. The van der Waals surface area contributed by atoms with E-state index in [2.05, 4.69) is 21.2 Å². The summed E-state index contributed by atoms with van der Waals surface area (Å²) in [5.74, 6) is 0.172. The summed E-state index contributed by atoms with van der Waals surface area (Å²) in [5, 5.41) is 2.77. The first-order chi connectivity index (χ1) is 9.58. The number of rotatable bonds is 7. The van der Waals surface area contributed by atoms with Crippen molar-refractivity contribution in [3.05, 3.63) is 35.6 Å². The van der Waals surface area contributed by atoms with Gasteiger partial charge in [0.15, 0.2) is 0 Å². The van der Waals surface area contributed by atoms with E-state index in [0.717, 1.165) is 0 Å². The Hall–Kier alpha value is -0.940. The van der Waals surface area contributed by atoms with E-state index in [-0.39, 0.29) is 23.1 Å². The Bertz CT molecular complexity index is 463. The SMILES string of the molecule is C[C@@H](Br)C(=O)NC[C@@H](OCC1CC1)c1ccccc1F. The third-order valence-electron chi connectivity index (χ3n) is 3.31. The molecule has 0 saturated heterocycles. The quantitative estimate of drug-likeness (QED) is 0.772. The van der Waals surface area contributed by atoms with Crippen molar-refractivity contribution in [2.45, 2.75) is 30.7 Å². The van der Waals surface area contributed by atoms with Crippen molar-refractivity contribution in [1.82, 2.24) is 5.32 Å². The Morgan fingerprint density at radius 3 is 2.80 bits per heavy atom. The highest BCUT2D eigenvalue weighted by Gasteiger charge is 2.25. The zero-order valence-corrected chi connectivity index (χ0v) is 13.0. The van der Waals surface area contributed by atoms with Gasteiger partial charge < -0.3 is 10.1 Å². The van der Waals surface area contributed by atoms with Crippen LogP contribution < -0.4 is 5.32 Å². The van der Waals surface area contributed by atoms with Crippen LogP contribution in [0.25, 0.3) is 0 Å². The number of carbonyl (C=O) groups excluding carboxylic acids is 1. The highest BCUT2D eigenvalue weighted by atomic mass is 79.9. The molecular formula is C15H19BrFNO2. The minimum atomic E-state index is -0.438. The van der Waals surface area contributed by atoms with E-state index in [4.69, 9.17) is 4.74 Å². The minimum absolute atomic E-state index is 0.124. The van der Waals surface area contributed by atoms with E-state index in [1.807, 2.05) is 0 Å². The van der Waals surface area contributed by atoms with Gasteiger partial charge in [0.1, 0.15) is 11.9 Å². The molecule has 1 aromatic carbocycles. The van der Waals surface area contributed by atoms with Gasteiger partial charge in [0.05, 0.1) is 11.4 Å². The van der Waals surface area contributed by atoms with E-state index in [1.54, 1.807) is 25.1 Å². The first kappa shape index (κ1) is 15.4. The van der Waals surface area contributed by atoms with Gasteiger partial charge in [-0.1, -0.05) is 34.1 Å². The molecule has 1 fully saturated rings. The Balaban J connectivity index is 1.99. The van der Waals surface area contributed by atoms with Gasteiger partial charge >= 0.3 is 0 Å². The van der Waals surface area contributed by atoms with Crippen LogP contribution in [0.1, 0.15) is 31.4 Å². The molecule has 0 bridgehead atoms. The molecule has 1 aromatic rings. The first-order valence-electron chi connectivity index (χ1n) is 6.85. The molecule has 3 nitrogen and oxygen atoms in total. The van der Waals surface area contributed by atoms with Crippen LogP contribution in [0.3, 0.4) is 0 Å². The minimum Gasteiger partial charge on any atom is -0.371 e. The fourth-order valence-electron chi connectivity index (χ4n) is 1.87. The third-order valence-corrected chi connectivity index (χ3v) is 3.72. The summed E-state index contributed by atoms with van der Waals surface area (Å²) in [6.45, 7) is 2.65.